The molecule has 0 fully saturated rings. The van der Waals surface area contributed by atoms with E-state index in [0.717, 1.165) is 18.2 Å². The van der Waals surface area contributed by atoms with Gasteiger partial charge >= 0.3 is 0 Å². The number of hydrogen-bond donors (Lipinski definition) is 1. The standard InChI is InChI=1S/C14H16O/c1-3-10-6-5-7-12-9-13(15)8-11(4-2)14(10)12/h5-9,15H,3-4H2,1-2H3. The molecular weight excluding hydrogens is 184 g/mol. The number of hydrogen-bond acceptors (Lipinski definition) is 1. The molecule has 0 aliphatic rings. The lowest BCUT2D eigenvalue weighted by Crippen LogP contribution is -1.89. The molecule has 0 radical (unpaired) electrons. The fraction of sp³-hybridized carbons (Fsp3) is 0.286. The van der Waals surface area contributed by atoms with Crippen molar-refractivity contribution in [2.24, 2.45) is 0 Å². The first-order chi connectivity index (χ1) is 7.26. The van der Waals surface area contributed by atoms with Crippen LogP contribution in [0.5, 0.6) is 5.75 Å². The van der Waals surface area contributed by atoms with Gasteiger partial charge in [-0.05, 0) is 46.9 Å². The van der Waals surface area contributed by atoms with Gasteiger partial charge in [0.25, 0.3) is 0 Å². The maximum atomic E-state index is 9.61. The summed E-state index contributed by atoms with van der Waals surface area (Å²) in [4.78, 5) is 0. The first kappa shape index (κ1) is 10.0. The Balaban J connectivity index is 2.84. The fourth-order valence-electron chi connectivity index (χ4n) is 2.16. The maximum absolute atomic E-state index is 9.61. The molecule has 1 heteroatoms. The van der Waals surface area contributed by atoms with E-state index >= 15 is 0 Å². The molecule has 0 unspecified atom stereocenters. The molecule has 0 aliphatic heterocycles. The van der Waals surface area contributed by atoms with Gasteiger partial charge in [-0.25, -0.2) is 0 Å². The second kappa shape index (κ2) is 3.93. The van der Waals surface area contributed by atoms with Crippen molar-refractivity contribution in [3.63, 3.8) is 0 Å². The van der Waals surface area contributed by atoms with Gasteiger partial charge < -0.3 is 5.11 Å². The van der Waals surface area contributed by atoms with Gasteiger partial charge in [0.1, 0.15) is 5.75 Å². The van der Waals surface area contributed by atoms with Crippen molar-refractivity contribution in [2.45, 2.75) is 26.7 Å². The van der Waals surface area contributed by atoms with Crippen LogP contribution in [0.3, 0.4) is 0 Å². The lowest BCUT2D eigenvalue weighted by atomic mass is 9.96. The number of rotatable bonds is 2. The second-order valence-corrected chi connectivity index (χ2v) is 3.83. The third kappa shape index (κ3) is 1.70. The summed E-state index contributed by atoms with van der Waals surface area (Å²) in [7, 11) is 0. The molecule has 0 spiro atoms. The van der Waals surface area contributed by atoms with E-state index in [1.807, 2.05) is 12.1 Å². The molecule has 0 aromatic heterocycles. The van der Waals surface area contributed by atoms with E-state index in [-0.39, 0.29) is 0 Å². The largest absolute Gasteiger partial charge is 0.508 e. The van der Waals surface area contributed by atoms with Gasteiger partial charge in [0.2, 0.25) is 0 Å². The summed E-state index contributed by atoms with van der Waals surface area (Å²) < 4.78 is 0. The Morgan fingerprint density at radius 1 is 1.00 bits per heavy atom. The van der Waals surface area contributed by atoms with E-state index in [1.54, 1.807) is 0 Å². The summed E-state index contributed by atoms with van der Waals surface area (Å²) in [6, 6.07) is 10.0. The Morgan fingerprint density at radius 2 is 1.73 bits per heavy atom. The van der Waals surface area contributed by atoms with Crippen molar-refractivity contribution in [3.05, 3.63) is 41.5 Å². The van der Waals surface area contributed by atoms with Crippen molar-refractivity contribution < 1.29 is 5.11 Å². The Hall–Kier alpha value is -1.50. The quantitative estimate of drug-likeness (QED) is 0.784. The number of aromatic hydroxyl groups is 1. The summed E-state index contributed by atoms with van der Waals surface area (Å²) >= 11 is 0. The van der Waals surface area contributed by atoms with Crippen LogP contribution in [0, 0.1) is 0 Å². The topological polar surface area (TPSA) is 20.2 Å². The first-order valence-electron chi connectivity index (χ1n) is 5.49. The van der Waals surface area contributed by atoms with Gasteiger partial charge in [0.15, 0.2) is 0 Å². The molecule has 2 aromatic rings. The molecule has 0 heterocycles. The van der Waals surface area contributed by atoms with E-state index < -0.39 is 0 Å². The molecule has 0 atom stereocenters. The van der Waals surface area contributed by atoms with E-state index in [9.17, 15) is 5.11 Å². The zero-order valence-corrected chi connectivity index (χ0v) is 9.25. The summed E-state index contributed by atoms with van der Waals surface area (Å²) in [5, 5.41) is 12.1. The fourth-order valence-corrected chi connectivity index (χ4v) is 2.16. The summed E-state index contributed by atoms with van der Waals surface area (Å²) in [6.07, 6.45) is 2.00. The minimum absolute atomic E-state index is 0.368. The minimum atomic E-state index is 0.368. The zero-order valence-electron chi connectivity index (χ0n) is 9.25. The van der Waals surface area contributed by atoms with Crippen molar-refractivity contribution in [1.82, 2.24) is 0 Å². The number of benzene rings is 2. The van der Waals surface area contributed by atoms with Crippen LogP contribution in [-0.2, 0) is 12.8 Å². The third-order valence-corrected chi connectivity index (χ3v) is 2.89. The van der Waals surface area contributed by atoms with Crippen LogP contribution in [-0.4, -0.2) is 5.11 Å². The van der Waals surface area contributed by atoms with E-state index in [4.69, 9.17) is 0 Å². The second-order valence-electron chi connectivity index (χ2n) is 3.83. The van der Waals surface area contributed by atoms with Crippen LogP contribution in [0.2, 0.25) is 0 Å². The van der Waals surface area contributed by atoms with Crippen LogP contribution in [0.4, 0.5) is 0 Å². The zero-order chi connectivity index (χ0) is 10.8. The van der Waals surface area contributed by atoms with Crippen molar-refractivity contribution in [2.75, 3.05) is 0 Å². The summed E-state index contributed by atoms with van der Waals surface area (Å²) in [5.41, 5.74) is 2.60. The molecule has 0 amide bonds. The van der Waals surface area contributed by atoms with Crippen molar-refractivity contribution in [1.29, 1.82) is 0 Å². The van der Waals surface area contributed by atoms with Crippen LogP contribution in [0.15, 0.2) is 30.3 Å². The summed E-state index contributed by atoms with van der Waals surface area (Å²) in [5.74, 6) is 0.368. The van der Waals surface area contributed by atoms with E-state index in [2.05, 4.69) is 32.0 Å². The highest BCUT2D eigenvalue weighted by molar-refractivity contribution is 5.90. The number of fused-ring (bicyclic) bond motifs is 1. The van der Waals surface area contributed by atoms with Gasteiger partial charge in [0.05, 0.1) is 0 Å². The minimum Gasteiger partial charge on any atom is -0.508 e. The smallest absolute Gasteiger partial charge is 0.116 e. The average Bonchev–Trinajstić information content (AvgIpc) is 2.26. The van der Waals surface area contributed by atoms with Crippen LogP contribution in [0.1, 0.15) is 25.0 Å². The Labute approximate surface area is 90.4 Å². The van der Waals surface area contributed by atoms with Crippen LogP contribution < -0.4 is 0 Å². The molecule has 0 saturated carbocycles. The molecule has 0 aliphatic carbocycles. The predicted octanol–water partition coefficient (Wildman–Crippen LogP) is 3.67. The predicted molar refractivity (Wildman–Crippen MR) is 64.4 cm³/mol. The van der Waals surface area contributed by atoms with Gasteiger partial charge in [0, 0.05) is 0 Å². The van der Waals surface area contributed by atoms with E-state index in [0.29, 0.717) is 5.75 Å². The third-order valence-electron chi connectivity index (χ3n) is 2.89. The highest BCUT2D eigenvalue weighted by Gasteiger charge is 2.05. The highest BCUT2D eigenvalue weighted by Crippen LogP contribution is 2.28. The average molecular weight is 200 g/mol. The lowest BCUT2D eigenvalue weighted by molar-refractivity contribution is 0.475. The van der Waals surface area contributed by atoms with Gasteiger partial charge in [-0.1, -0.05) is 32.0 Å². The molecular formula is C14H16O. The maximum Gasteiger partial charge on any atom is 0.116 e. The Kier molecular flexibility index (Phi) is 2.63. The molecule has 0 bridgehead atoms. The highest BCUT2D eigenvalue weighted by atomic mass is 16.3. The number of aryl methyl sites for hydroxylation is 2. The normalized spacial score (nSPS) is 10.8. The lowest BCUT2D eigenvalue weighted by Gasteiger charge is -2.10. The first-order valence-corrected chi connectivity index (χ1v) is 5.49. The molecule has 1 nitrogen and oxygen atoms in total. The van der Waals surface area contributed by atoms with Crippen LogP contribution in [0.25, 0.3) is 10.8 Å². The van der Waals surface area contributed by atoms with E-state index in [1.165, 1.54) is 16.5 Å². The van der Waals surface area contributed by atoms with Gasteiger partial charge in [-0.3, -0.25) is 0 Å². The molecule has 1 N–H and O–H groups in total. The monoisotopic (exact) mass is 200 g/mol. The SMILES string of the molecule is CCc1cccc2cc(O)cc(CC)c12. The number of phenolic OH excluding ortho intramolecular Hbond substituents is 1. The van der Waals surface area contributed by atoms with Crippen LogP contribution >= 0.6 is 0 Å². The molecule has 0 saturated heterocycles. The van der Waals surface area contributed by atoms with Crippen molar-refractivity contribution in [3.8, 4) is 5.75 Å². The molecule has 2 rings (SSSR count). The molecule has 78 valence electrons. The number of phenols is 1. The van der Waals surface area contributed by atoms with Crippen molar-refractivity contribution >= 4 is 10.8 Å². The molecule has 15 heavy (non-hydrogen) atoms. The van der Waals surface area contributed by atoms with Gasteiger partial charge in [-0.2, -0.15) is 0 Å². The Morgan fingerprint density at radius 3 is 2.40 bits per heavy atom. The van der Waals surface area contributed by atoms with Gasteiger partial charge in [-0.15, -0.1) is 0 Å². The Bertz CT molecular complexity index is 486. The summed E-state index contributed by atoms with van der Waals surface area (Å²) in [6.45, 7) is 4.29. The molecule has 2 aromatic carbocycles.